The van der Waals surface area contributed by atoms with Crippen molar-refractivity contribution in [1.82, 2.24) is 4.90 Å². The van der Waals surface area contributed by atoms with Gasteiger partial charge in [0.2, 0.25) is 5.91 Å². The number of ether oxygens (including phenoxy) is 1. The van der Waals surface area contributed by atoms with E-state index in [2.05, 4.69) is 61.3 Å². The second-order valence-corrected chi connectivity index (χ2v) is 13.1. The molecule has 0 atom stereocenters. The lowest BCUT2D eigenvalue weighted by molar-refractivity contribution is -0.116. The van der Waals surface area contributed by atoms with Crippen LogP contribution in [0, 0.1) is 0 Å². The molecule has 43 heavy (non-hydrogen) atoms. The zero-order chi connectivity index (χ0) is 29.8. The molecule has 0 radical (unpaired) electrons. The van der Waals surface area contributed by atoms with Crippen molar-refractivity contribution < 1.29 is 9.53 Å². The van der Waals surface area contributed by atoms with Crippen LogP contribution in [0.5, 0.6) is 5.75 Å². The van der Waals surface area contributed by atoms with Gasteiger partial charge in [-0.1, -0.05) is 115 Å². The largest absolute Gasteiger partial charge is 0.494 e. The molecule has 6 heteroatoms. The standard InChI is InChI=1S/C37H56N2O2S.BrH/c1-4-5-6-7-8-9-10-11-12-13-14-15-16-17-26-41-37-23-19-20-34(28-37)24-25-39(33(3)40)36-22-18-21-35(27-36)30-38-29-32(2)42-31-38;/h18-23,27-29H,4-17,24-26,30-31H2,1-3H3;1H. The van der Waals surface area contributed by atoms with Crippen molar-refractivity contribution in [2.45, 2.75) is 124 Å². The fourth-order valence-corrected chi connectivity index (χ4v) is 6.41. The van der Waals surface area contributed by atoms with Gasteiger partial charge in [0.25, 0.3) is 0 Å². The number of nitrogens with zero attached hydrogens (tertiary/aromatic N) is 2. The molecule has 2 aromatic carbocycles. The van der Waals surface area contributed by atoms with Crippen molar-refractivity contribution >= 4 is 40.3 Å². The molecule has 1 heterocycles. The van der Waals surface area contributed by atoms with Gasteiger partial charge in [0.05, 0.1) is 12.5 Å². The van der Waals surface area contributed by atoms with Crippen LogP contribution in [0.2, 0.25) is 0 Å². The van der Waals surface area contributed by atoms with Gasteiger partial charge < -0.3 is 14.5 Å². The maximum absolute atomic E-state index is 12.6. The van der Waals surface area contributed by atoms with E-state index in [1.807, 2.05) is 28.8 Å². The van der Waals surface area contributed by atoms with Crippen LogP contribution < -0.4 is 9.64 Å². The Hall–Kier alpha value is -1.92. The van der Waals surface area contributed by atoms with Crippen LogP contribution in [0.4, 0.5) is 5.69 Å². The second kappa shape index (κ2) is 22.6. The maximum atomic E-state index is 12.6. The number of benzene rings is 2. The monoisotopic (exact) mass is 672 g/mol. The van der Waals surface area contributed by atoms with Gasteiger partial charge in [-0.3, -0.25) is 4.79 Å². The highest BCUT2D eigenvalue weighted by atomic mass is 79.9. The van der Waals surface area contributed by atoms with Gasteiger partial charge in [0.1, 0.15) is 5.75 Å². The van der Waals surface area contributed by atoms with Crippen molar-refractivity contribution in [3.8, 4) is 5.75 Å². The Morgan fingerprint density at radius 2 is 1.44 bits per heavy atom. The molecule has 3 rings (SSSR count). The van der Waals surface area contributed by atoms with Gasteiger partial charge >= 0.3 is 0 Å². The molecule has 2 aromatic rings. The number of rotatable bonds is 22. The highest BCUT2D eigenvalue weighted by Gasteiger charge is 2.14. The van der Waals surface area contributed by atoms with E-state index >= 15 is 0 Å². The highest BCUT2D eigenvalue weighted by Crippen LogP contribution is 2.27. The average Bonchev–Trinajstić information content (AvgIpc) is 3.39. The molecule has 0 fully saturated rings. The first kappa shape index (κ1) is 37.3. The predicted octanol–water partition coefficient (Wildman–Crippen LogP) is 11.1. The molecule has 240 valence electrons. The normalized spacial score (nSPS) is 12.6. The van der Waals surface area contributed by atoms with Crippen LogP contribution in [-0.2, 0) is 17.8 Å². The molecule has 0 saturated heterocycles. The number of anilines is 1. The van der Waals surface area contributed by atoms with Gasteiger partial charge in [-0.2, -0.15) is 0 Å². The molecule has 1 aliphatic rings. The van der Waals surface area contributed by atoms with Crippen molar-refractivity contribution in [2.24, 2.45) is 0 Å². The summed E-state index contributed by atoms with van der Waals surface area (Å²) in [5, 5.41) is 0. The lowest BCUT2D eigenvalue weighted by Crippen LogP contribution is -2.30. The van der Waals surface area contributed by atoms with E-state index in [1.54, 1.807) is 6.92 Å². The van der Waals surface area contributed by atoms with Crippen LogP contribution in [0.1, 0.15) is 122 Å². The maximum Gasteiger partial charge on any atom is 0.223 e. The summed E-state index contributed by atoms with van der Waals surface area (Å²) in [6.07, 6.45) is 22.2. The molecule has 4 nitrogen and oxygen atoms in total. The van der Waals surface area contributed by atoms with E-state index in [-0.39, 0.29) is 22.9 Å². The smallest absolute Gasteiger partial charge is 0.223 e. The van der Waals surface area contributed by atoms with Crippen molar-refractivity contribution in [3.05, 3.63) is 70.8 Å². The summed E-state index contributed by atoms with van der Waals surface area (Å²) < 4.78 is 6.09. The Morgan fingerprint density at radius 1 is 0.837 bits per heavy atom. The van der Waals surface area contributed by atoms with Crippen molar-refractivity contribution in [1.29, 1.82) is 0 Å². The molecule has 1 aliphatic heterocycles. The quantitative estimate of drug-likeness (QED) is 0.117. The number of carbonyl (C=O) groups is 1. The molecule has 1 amide bonds. The first-order valence-corrected chi connectivity index (χ1v) is 17.7. The first-order chi connectivity index (χ1) is 20.5. The lowest BCUT2D eigenvalue weighted by Gasteiger charge is -2.23. The summed E-state index contributed by atoms with van der Waals surface area (Å²) in [4.78, 5) is 18.1. The number of thioether (sulfide) groups is 1. The summed E-state index contributed by atoms with van der Waals surface area (Å²) in [6, 6.07) is 16.8. The highest BCUT2D eigenvalue weighted by molar-refractivity contribution is 8.93. The number of unbranched alkanes of at least 4 members (excludes halogenated alkanes) is 13. The number of allylic oxidation sites excluding steroid dienone is 1. The number of hydrogen-bond donors (Lipinski definition) is 0. The van der Waals surface area contributed by atoms with Gasteiger partial charge in [0, 0.05) is 31.9 Å². The lowest BCUT2D eigenvalue weighted by atomic mass is 10.0. The molecular weight excluding hydrogens is 616 g/mol. The topological polar surface area (TPSA) is 32.8 Å². The third kappa shape index (κ3) is 15.6. The first-order valence-electron chi connectivity index (χ1n) is 16.7. The fraction of sp³-hybridized carbons (Fsp3) is 0.595. The molecule has 0 bridgehead atoms. The van der Waals surface area contributed by atoms with E-state index in [4.69, 9.17) is 4.74 Å². The Labute approximate surface area is 277 Å². The second-order valence-electron chi connectivity index (χ2n) is 11.9. The van der Waals surface area contributed by atoms with Crippen molar-refractivity contribution in [3.63, 3.8) is 0 Å². The van der Waals surface area contributed by atoms with Crippen LogP contribution in [0.25, 0.3) is 0 Å². The van der Waals surface area contributed by atoms with Crippen LogP contribution >= 0.6 is 28.7 Å². The summed E-state index contributed by atoms with van der Waals surface area (Å²) in [7, 11) is 0. The van der Waals surface area contributed by atoms with Crippen LogP contribution in [0.15, 0.2) is 59.6 Å². The molecule has 0 spiro atoms. The van der Waals surface area contributed by atoms with Gasteiger partial charge in [0.15, 0.2) is 0 Å². The molecule has 0 saturated carbocycles. The van der Waals surface area contributed by atoms with Gasteiger partial charge in [-0.05, 0) is 60.1 Å². The number of carbonyl (C=O) groups excluding carboxylic acids is 1. The minimum Gasteiger partial charge on any atom is -0.494 e. The molecule has 0 aromatic heterocycles. The summed E-state index contributed by atoms with van der Waals surface area (Å²) in [6.45, 7) is 8.39. The summed E-state index contributed by atoms with van der Waals surface area (Å²) >= 11 is 1.87. The molecule has 0 unspecified atom stereocenters. The SMILES string of the molecule is Br.CCCCCCCCCCCCCCCCOc1cccc(CCN(C(C)=O)c2cccc(CN3C=C(C)SC3)c2)c1. The predicted molar refractivity (Wildman–Crippen MR) is 193 cm³/mol. The zero-order valence-electron chi connectivity index (χ0n) is 27.2. The summed E-state index contributed by atoms with van der Waals surface area (Å²) in [5.74, 6) is 2.00. The Morgan fingerprint density at radius 3 is 2.05 bits per heavy atom. The minimum atomic E-state index is 0. The number of amides is 1. The fourth-order valence-electron chi connectivity index (χ4n) is 5.65. The van der Waals surface area contributed by atoms with E-state index in [1.165, 1.54) is 99.5 Å². The van der Waals surface area contributed by atoms with E-state index < -0.39 is 0 Å². The van der Waals surface area contributed by atoms with Gasteiger partial charge in [-0.25, -0.2) is 0 Å². The van der Waals surface area contributed by atoms with E-state index in [9.17, 15) is 4.79 Å². The third-order valence-electron chi connectivity index (χ3n) is 8.10. The van der Waals surface area contributed by atoms with Crippen molar-refractivity contribution in [2.75, 3.05) is 23.9 Å². The Kier molecular flexibility index (Phi) is 19.6. The zero-order valence-corrected chi connectivity index (χ0v) is 29.7. The average molecular weight is 674 g/mol. The number of hydrogen-bond acceptors (Lipinski definition) is 4. The van der Waals surface area contributed by atoms with E-state index in [0.29, 0.717) is 6.54 Å². The van der Waals surface area contributed by atoms with Crippen LogP contribution in [-0.4, -0.2) is 29.8 Å². The summed E-state index contributed by atoms with van der Waals surface area (Å²) in [5.41, 5.74) is 3.40. The Balaban J connectivity index is 0.00000645. The van der Waals surface area contributed by atoms with E-state index in [0.717, 1.165) is 43.3 Å². The van der Waals surface area contributed by atoms with Gasteiger partial charge in [-0.15, -0.1) is 28.7 Å². The Bertz CT molecular complexity index is 1080. The molecule has 0 N–H and O–H groups in total. The molecular formula is C37H57BrN2O2S. The third-order valence-corrected chi connectivity index (χ3v) is 9.12. The molecule has 0 aliphatic carbocycles. The minimum absolute atomic E-state index is 0. The van der Waals surface area contributed by atoms with Crippen LogP contribution in [0.3, 0.4) is 0 Å². The number of halogens is 1.